The number of fused-ring (bicyclic) bond motifs is 1. The molecule has 0 aliphatic rings. The topological polar surface area (TPSA) is 79.3 Å². The molecule has 0 aliphatic carbocycles. The zero-order valence-corrected chi connectivity index (χ0v) is 17.3. The van der Waals surface area contributed by atoms with Gasteiger partial charge in [-0.25, -0.2) is 9.78 Å². The van der Waals surface area contributed by atoms with Crippen molar-refractivity contribution in [3.05, 3.63) is 95.0 Å². The molecule has 31 heavy (non-hydrogen) atoms. The zero-order chi connectivity index (χ0) is 21.8. The van der Waals surface area contributed by atoms with Crippen LogP contribution in [0, 0.1) is 0 Å². The van der Waals surface area contributed by atoms with Crippen LogP contribution in [-0.2, 0) is 11.2 Å². The highest BCUT2D eigenvalue weighted by Gasteiger charge is 2.13. The van der Waals surface area contributed by atoms with E-state index in [0.29, 0.717) is 11.4 Å². The van der Waals surface area contributed by atoms with Gasteiger partial charge in [0.1, 0.15) is 0 Å². The van der Waals surface area contributed by atoms with E-state index in [0.717, 1.165) is 27.7 Å². The van der Waals surface area contributed by atoms with E-state index in [-0.39, 0.29) is 23.6 Å². The first-order valence-corrected chi connectivity index (χ1v) is 10.2. The molecule has 0 bridgehead atoms. The first-order valence-electron chi connectivity index (χ1n) is 9.77. The molecular formula is C25H19ClN2O3. The Kier molecular flexibility index (Phi) is 5.96. The molecule has 154 valence electrons. The third-order valence-corrected chi connectivity index (χ3v) is 5.21. The van der Waals surface area contributed by atoms with Crippen LogP contribution in [0.4, 0.5) is 5.69 Å². The number of rotatable bonds is 6. The number of para-hydroxylation sites is 1. The third-order valence-electron chi connectivity index (χ3n) is 4.97. The molecule has 4 rings (SSSR count). The molecule has 0 spiro atoms. The Labute approximate surface area is 184 Å². The van der Waals surface area contributed by atoms with Crippen LogP contribution in [0.25, 0.3) is 22.2 Å². The summed E-state index contributed by atoms with van der Waals surface area (Å²) in [7, 11) is 0. The molecule has 5 nitrogen and oxygen atoms in total. The van der Waals surface area contributed by atoms with Gasteiger partial charge in [0, 0.05) is 22.4 Å². The second kappa shape index (κ2) is 8.98. The molecule has 0 atom stereocenters. The minimum absolute atomic E-state index is 0.00462. The monoisotopic (exact) mass is 430 g/mol. The van der Waals surface area contributed by atoms with E-state index in [1.54, 1.807) is 0 Å². The Morgan fingerprint density at radius 3 is 2.48 bits per heavy atom. The van der Waals surface area contributed by atoms with E-state index in [4.69, 9.17) is 16.6 Å². The number of carboxylic acids is 1. The molecule has 0 unspecified atom stereocenters. The lowest BCUT2D eigenvalue weighted by atomic mass is 10.0. The lowest BCUT2D eigenvalue weighted by Crippen LogP contribution is -2.15. The number of anilines is 1. The maximum atomic E-state index is 12.3. The van der Waals surface area contributed by atoms with Crippen molar-refractivity contribution >= 4 is 40.1 Å². The minimum atomic E-state index is -1.12. The Hall–Kier alpha value is -3.70. The number of carbonyl (C=O) groups is 2. The molecule has 1 heterocycles. The van der Waals surface area contributed by atoms with Gasteiger partial charge in [-0.15, -0.1) is 0 Å². The number of hydrogen-bond donors (Lipinski definition) is 2. The van der Waals surface area contributed by atoms with Gasteiger partial charge < -0.3 is 10.4 Å². The fourth-order valence-corrected chi connectivity index (χ4v) is 3.52. The second-order valence-corrected chi connectivity index (χ2v) is 7.57. The van der Waals surface area contributed by atoms with Gasteiger partial charge in [0.05, 0.1) is 22.5 Å². The van der Waals surface area contributed by atoms with Crippen LogP contribution in [0.15, 0.2) is 78.9 Å². The molecule has 6 heteroatoms. The highest BCUT2D eigenvalue weighted by Crippen LogP contribution is 2.23. The summed E-state index contributed by atoms with van der Waals surface area (Å²) in [6, 6.07) is 24.2. The average molecular weight is 431 g/mol. The molecule has 0 fully saturated rings. The van der Waals surface area contributed by atoms with Gasteiger partial charge in [0.25, 0.3) is 0 Å². The maximum absolute atomic E-state index is 12.3. The van der Waals surface area contributed by atoms with Crippen LogP contribution in [0.5, 0.6) is 0 Å². The number of carboxylic acid groups (broad SMARTS) is 1. The van der Waals surface area contributed by atoms with E-state index in [1.807, 2.05) is 54.6 Å². The predicted octanol–water partition coefficient (Wildman–Crippen LogP) is 5.82. The van der Waals surface area contributed by atoms with Crippen LogP contribution in [0.3, 0.4) is 0 Å². The van der Waals surface area contributed by atoms with Gasteiger partial charge in [0.2, 0.25) is 5.91 Å². The number of aryl methyl sites for hydroxylation is 1. The number of amides is 1. The SMILES string of the molecule is O=C(CCc1ccc(-c2ccc3ccccc3n2)cc1)Nc1cc(Cl)ccc1C(=O)O. The van der Waals surface area contributed by atoms with Crippen LogP contribution >= 0.6 is 11.6 Å². The van der Waals surface area contributed by atoms with Gasteiger partial charge in [-0.05, 0) is 42.3 Å². The number of pyridine rings is 1. The molecule has 0 saturated heterocycles. The van der Waals surface area contributed by atoms with E-state index in [2.05, 4.69) is 11.4 Å². The molecule has 0 saturated carbocycles. The Morgan fingerprint density at radius 1 is 0.935 bits per heavy atom. The standard InChI is InChI=1S/C25H19ClN2O3/c26-19-11-12-20(25(30)31)23(15-19)28-24(29)14-7-16-5-8-18(9-6-16)22-13-10-17-3-1-2-4-21(17)27-22/h1-6,8-13,15H,7,14H2,(H,28,29)(H,30,31). The number of hydrogen-bond acceptors (Lipinski definition) is 3. The van der Waals surface area contributed by atoms with Crippen LogP contribution in [0.1, 0.15) is 22.3 Å². The quantitative estimate of drug-likeness (QED) is 0.403. The summed E-state index contributed by atoms with van der Waals surface area (Å²) < 4.78 is 0. The van der Waals surface area contributed by atoms with Gasteiger partial charge >= 0.3 is 5.97 Å². The van der Waals surface area contributed by atoms with Crippen molar-refractivity contribution in [3.63, 3.8) is 0 Å². The normalized spacial score (nSPS) is 10.7. The molecule has 1 amide bonds. The molecule has 4 aromatic rings. The predicted molar refractivity (Wildman–Crippen MR) is 123 cm³/mol. The molecule has 3 aromatic carbocycles. The number of halogens is 1. The highest BCUT2D eigenvalue weighted by molar-refractivity contribution is 6.31. The number of nitrogens with zero attached hydrogens (tertiary/aromatic N) is 1. The fraction of sp³-hybridized carbons (Fsp3) is 0.0800. The smallest absolute Gasteiger partial charge is 0.337 e. The Balaban J connectivity index is 1.41. The van der Waals surface area contributed by atoms with Crippen LogP contribution in [0.2, 0.25) is 5.02 Å². The number of nitrogens with one attached hydrogen (secondary N) is 1. The molecule has 0 radical (unpaired) electrons. The van der Waals surface area contributed by atoms with Crippen molar-refractivity contribution in [2.45, 2.75) is 12.8 Å². The first-order chi connectivity index (χ1) is 15.0. The van der Waals surface area contributed by atoms with Gasteiger partial charge in [0.15, 0.2) is 0 Å². The summed E-state index contributed by atoms with van der Waals surface area (Å²) in [5, 5.41) is 13.4. The van der Waals surface area contributed by atoms with E-state index in [1.165, 1.54) is 18.2 Å². The Morgan fingerprint density at radius 2 is 1.71 bits per heavy atom. The molecule has 0 aliphatic heterocycles. The summed E-state index contributed by atoms with van der Waals surface area (Å²) >= 11 is 5.93. The third kappa shape index (κ3) is 4.90. The van der Waals surface area contributed by atoms with Crippen LogP contribution in [-0.4, -0.2) is 22.0 Å². The van der Waals surface area contributed by atoms with Crippen molar-refractivity contribution < 1.29 is 14.7 Å². The summed E-state index contributed by atoms with van der Waals surface area (Å²) in [6.07, 6.45) is 0.749. The summed E-state index contributed by atoms with van der Waals surface area (Å²) in [4.78, 5) is 28.3. The van der Waals surface area contributed by atoms with E-state index in [9.17, 15) is 14.7 Å². The second-order valence-electron chi connectivity index (χ2n) is 7.13. The fourth-order valence-electron chi connectivity index (χ4n) is 3.35. The number of aromatic carboxylic acids is 1. The molecular weight excluding hydrogens is 412 g/mol. The largest absolute Gasteiger partial charge is 0.478 e. The molecule has 2 N–H and O–H groups in total. The minimum Gasteiger partial charge on any atom is -0.478 e. The van der Waals surface area contributed by atoms with Crippen LogP contribution < -0.4 is 5.32 Å². The average Bonchev–Trinajstić information content (AvgIpc) is 2.77. The van der Waals surface area contributed by atoms with Crippen molar-refractivity contribution in [2.24, 2.45) is 0 Å². The number of aromatic nitrogens is 1. The summed E-state index contributed by atoms with van der Waals surface area (Å²) in [5.41, 5.74) is 4.05. The lowest BCUT2D eigenvalue weighted by Gasteiger charge is -2.09. The van der Waals surface area contributed by atoms with E-state index >= 15 is 0 Å². The molecule has 1 aromatic heterocycles. The summed E-state index contributed by atoms with van der Waals surface area (Å²) in [6.45, 7) is 0. The summed E-state index contributed by atoms with van der Waals surface area (Å²) in [5.74, 6) is -1.39. The maximum Gasteiger partial charge on any atom is 0.337 e. The zero-order valence-electron chi connectivity index (χ0n) is 16.5. The van der Waals surface area contributed by atoms with Gasteiger partial charge in [-0.2, -0.15) is 0 Å². The number of benzene rings is 3. The lowest BCUT2D eigenvalue weighted by molar-refractivity contribution is -0.116. The first kappa shape index (κ1) is 20.6. The van der Waals surface area contributed by atoms with Crippen molar-refractivity contribution in [1.82, 2.24) is 4.98 Å². The van der Waals surface area contributed by atoms with Crippen molar-refractivity contribution in [3.8, 4) is 11.3 Å². The van der Waals surface area contributed by atoms with E-state index < -0.39 is 5.97 Å². The van der Waals surface area contributed by atoms with Crippen molar-refractivity contribution in [2.75, 3.05) is 5.32 Å². The highest BCUT2D eigenvalue weighted by atomic mass is 35.5. The van der Waals surface area contributed by atoms with Crippen molar-refractivity contribution in [1.29, 1.82) is 0 Å². The Bertz CT molecular complexity index is 1270. The number of carbonyl (C=O) groups excluding carboxylic acids is 1. The van der Waals surface area contributed by atoms with Gasteiger partial charge in [-0.3, -0.25) is 4.79 Å². The van der Waals surface area contributed by atoms with Gasteiger partial charge in [-0.1, -0.05) is 60.1 Å².